The van der Waals surface area contributed by atoms with E-state index in [9.17, 15) is 0 Å². The number of aryl methyl sites for hydroxylation is 2. The van der Waals surface area contributed by atoms with Gasteiger partial charge in [0.1, 0.15) is 0 Å². The molecule has 0 radical (unpaired) electrons. The molecule has 3 rings (SSSR count). The van der Waals surface area contributed by atoms with Gasteiger partial charge in [0.2, 0.25) is 5.95 Å². The Morgan fingerprint density at radius 2 is 2.26 bits per heavy atom. The van der Waals surface area contributed by atoms with Crippen LogP contribution in [0.5, 0.6) is 0 Å². The third-order valence-electron chi connectivity index (χ3n) is 3.85. The van der Waals surface area contributed by atoms with E-state index < -0.39 is 0 Å². The maximum Gasteiger partial charge on any atom is 0.203 e. The summed E-state index contributed by atoms with van der Waals surface area (Å²) in [5, 5.41) is 3.62. The highest BCUT2D eigenvalue weighted by Gasteiger charge is 2.20. The molecule has 0 saturated heterocycles. The lowest BCUT2D eigenvalue weighted by atomic mass is 9.88. The molecule has 1 aromatic heterocycles. The summed E-state index contributed by atoms with van der Waals surface area (Å²) in [6.45, 7) is 3.22. The molecule has 0 fully saturated rings. The molecule has 1 heterocycles. The van der Waals surface area contributed by atoms with E-state index in [0.29, 0.717) is 6.04 Å². The number of hydrogen-bond acceptors (Lipinski definition) is 2. The fourth-order valence-corrected chi connectivity index (χ4v) is 2.93. The van der Waals surface area contributed by atoms with Crippen molar-refractivity contribution in [2.24, 2.45) is 0 Å². The van der Waals surface area contributed by atoms with Gasteiger partial charge in [-0.25, -0.2) is 4.98 Å². The third kappa shape index (κ3) is 2.50. The monoisotopic (exact) mass is 255 g/mol. The normalized spacial score (nSPS) is 18.1. The summed E-state index contributed by atoms with van der Waals surface area (Å²) in [6.07, 6.45) is 8.72. The molecule has 0 spiro atoms. The molecule has 1 unspecified atom stereocenters. The molecule has 19 heavy (non-hydrogen) atoms. The highest BCUT2D eigenvalue weighted by atomic mass is 15.2. The Morgan fingerprint density at radius 3 is 3.16 bits per heavy atom. The van der Waals surface area contributed by atoms with Crippen LogP contribution in [0.2, 0.25) is 0 Å². The first-order valence-electron chi connectivity index (χ1n) is 7.24. The summed E-state index contributed by atoms with van der Waals surface area (Å²) in [7, 11) is 0. The summed E-state index contributed by atoms with van der Waals surface area (Å²) < 4.78 is 2.21. The van der Waals surface area contributed by atoms with Crippen molar-refractivity contribution in [1.29, 1.82) is 0 Å². The van der Waals surface area contributed by atoms with E-state index in [-0.39, 0.29) is 0 Å². The zero-order valence-electron chi connectivity index (χ0n) is 11.5. The maximum absolute atomic E-state index is 4.45. The lowest BCUT2D eigenvalue weighted by molar-refractivity contribution is 0.586. The Hall–Kier alpha value is -1.77. The van der Waals surface area contributed by atoms with Crippen molar-refractivity contribution in [3.05, 3.63) is 47.8 Å². The van der Waals surface area contributed by atoms with E-state index in [2.05, 4.69) is 52.3 Å². The van der Waals surface area contributed by atoms with Crippen LogP contribution in [0.15, 0.2) is 36.7 Å². The Balaban J connectivity index is 1.82. The average molecular weight is 255 g/mol. The van der Waals surface area contributed by atoms with Crippen LogP contribution < -0.4 is 5.32 Å². The molecule has 1 atom stereocenters. The Bertz CT molecular complexity index is 544. The predicted octanol–water partition coefficient (Wildman–Crippen LogP) is 3.78. The second kappa shape index (κ2) is 5.47. The van der Waals surface area contributed by atoms with Gasteiger partial charge in [0, 0.05) is 18.9 Å². The lowest BCUT2D eigenvalue weighted by Crippen LogP contribution is -2.19. The molecule has 0 bridgehead atoms. The minimum atomic E-state index is 0.406. The molecule has 2 aromatic rings. The van der Waals surface area contributed by atoms with Crippen molar-refractivity contribution in [2.45, 2.75) is 45.2 Å². The van der Waals surface area contributed by atoms with Crippen LogP contribution in [0.25, 0.3) is 0 Å². The standard InChI is InChI=1S/C16H21N3/c1-2-11-19-12-10-17-16(19)18-15-9-5-7-13-6-3-4-8-14(13)15/h3-4,6,8,10,12,15H,2,5,7,9,11H2,1H3,(H,17,18). The zero-order chi connectivity index (χ0) is 13.1. The molecular weight excluding hydrogens is 234 g/mol. The molecule has 3 heteroatoms. The predicted molar refractivity (Wildman–Crippen MR) is 78.3 cm³/mol. The highest BCUT2D eigenvalue weighted by molar-refractivity contribution is 5.39. The first kappa shape index (κ1) is 12.3. The van der Waals surface area contributed by atoms with E-state index >= 15 is 0 Å². The van der Waals surface area contributed by atoms with Gasteiger partial charge in [0.25, 0.3) is 0 Å². The minimum Gasteiger partial charge on any atom is -0.349 e. The van der Waals surface area contributed by atoms with Gasteiger partial charge in [-0.2, -0.15) is 0 Å². The van der Waals surface area contributed by atoms with Crippen LogP contribution in [-0.2, 0) is 13.0 Å². The number of nitrogens with zero attached hydrogens (tertiary/aromatic N) is 2. The number of hydrogen-bond donors (Lipinski definition) is 1. The van der Waals surface area contributed by atoms with Crippen molar-refractivity contribution < 1.29 is 0 Å². The zero-order valence-corrected chi connectivity index (χ0v) is 11.5. The number of nitrogens with one attached hydrogen (secondary N) is 1. The molecular formula is C16H21N3. The summed E-state index contributed by atoms with van der Waals surface area (Å²) in [4.78, 5) is 4.45. The van der Waals surface area contributed by atoms with Gasteiger partial charge in [-0.15, -0.1) is 0 Å². The molecule has 0 saturated carbocycles. The first-order valence-corrected chi connectivity index (χ1v) is 7.24. The molecule has 1 N–H and O–H groups in total. The van der Waals surface area contributed by atoms with Crippen LogP contribution in [0, 0.1) is 0 Å². The fourth-order valence-electron chi connectivity index (χ4n) is 2.93. The number of benzene rings is 1. The van der Waals surface area contributed by atoms with E-state index in [1.54, 1.807) is 0 Å². The number of anilines is 1. The van der Waals surface area contributed by atoms with E-state index in [1.165, 1.54) is 30.4 Å². The number of fused-ring (bicyclic) bond motifs is 1. The topological polar surface area (TPSA) is 29.9 Å². The van der Waals surface area contributed by atoms with E-state index in [4.69, 9.17) is 0 Å². The van der Waals surface area contributed by atoms with Crippen molar-refractivity contribution in [1.82, 2.24) is 9.55 Å². The lowest BCUT2D eigenvalue weighted by Gasteiger charge is -2.27. The van der Waals surface area contributed by atoms with Crippen LogP contribution in [0.4, 0.5) is 5.95 Å². The van der Waals surface area contributed by atoms with Gasteiger partial charge in [-0.05, 0) is 36.8 Å². The molecule has 0 amide bonds. The molecule has 3 nitrogen and oxygen atoms in total. The quantitative estimate of drug-likeness (QED) is 0.901. The summed E-state index contributed by atoms with van der Waals surface area (Å²) in [5.41, 5.74) is 2.93. The molecule has 1 aromatic carbocycles. The summed E-state index contributed by atoms with van der Waals surface area (Å²) >= 11 is 0. The molecule has 1 aliphatic rings. The third-order valence-corrected chi connectivity index (χ3v) is 3.85. The number of aromatic nitrogens is 2. The van der Waals surface area contributed by atoms with E-state index in [1.807, 2.05) is 6.20 Å². The number of rotatable bonds is 4. The van der Waals surface area contributed by atoms with Crippen LogP contribution in [0.1, 0.15) is 43.4 Å². The smallest absolute Gasteiger partial charge is 0.203 e. The summed E-state index contributed by atoms with van der Waals surface area (Å²) in [6, 6.07) is 9.18. The van der Waals surface area contributed by atoms with Gasteiger partial charge in [-0.1, -0.05) is 31.2 Å². The Kier molecular flexibility index (Phi) is 3.53. The van der Waals surface area contributed by atoms with Gasteiger partial charge < -0.3 is 9.88 Å². The maximum atomic E-state index is 4.45. The van der Waals surface area contributed by atoms with Crippen LogP contribution >= 0.6 is 0 Å². The molecule has 100 valence electrons. The average Bonchev–Trinajstić information content (AvgIpc) is 2.87. The van der Waals surface area contributed by atoms with Gasteiger partial charge >= 0.3 is 0 Å². The first-order chi connectivity index (χ1) is 9.38. The largest absolute Gasteiger partial charge is 0.349 e. The molecule has 1 aliphatic carbocycles. The highest BCUT2D eigenvalue weighted by Crippen LogP contribution is 2.31. The summed E-state index contributed by atoms with van der Waals surface area (Å²) in [5.74, 6) is 1.00. The van der Waals surface area contributed by atoms with Crippen molar-refractivity contribution >= 4 is 5.95 Å². The fraction of sp³-hybridized carbons (Fsp3) is 0.438. The van der Waals surface area contributed by atoms with Crippen molar-refractivity contribution in [3.8, 4) is 0 Å². The van der Waals surface area contributed by atoms with Gasteiger partial charge in [-0.3, -0.25) is 0 Å². The Labute approximate surface area is 114 Å². The number of imidazole rings is 1. The van der Waals surface area contributed by atoms with Gasteiger partial charge in [0.05, 0.1) is 6.04 Å². The second-order valence-corrected chi connectivity index (χ2v) is 5.23. The van der Waals surface area contributed by atoms with E-state index in [0.717, 1.165) is 18.9 Å². The second-order valence-electron chi connectivity index (χ2n) is 5.23. The van der Waals surface area contributed by atoms with Gasteiger partial charge in [0.15, 0.2) is 0 Å². The Morgan fingerprint density at radius 1 is 1.37 bits per heavy atom. The van der Waals surface area contributed by atoms with Crippen LogP contribution in [-0.4, -0.2) is 9.55 Å². The van der Waals surface area contributed by atoms with Crippen molar-refractivity contribution in [2.75, 3.05) is 5.32 Å². The molecule has 0 aliphatic heterocycles. The minimum absolute atomic E-state index is 0.406. The van der Waals surface area contributed by atoms with Crippen molar-refractivity contribution in [3.63, 3.8) is 0 Å². The SMILES string of the molecule is CCCn1ccnc1NC1CCCc2ccccc21. The van der Waals surface area contributed by atoms with Crippen LogP contribution in [0.3, 0.4) is 0 Å².